The number of carbonyl (C=O) groups is 1. The van der Waals surface area contributed by atoms with Gasteiger partial charge >= 0.3 is 0 Å². The van der Waals surface area contributed by atoms with Crippen LogP contribution in [0.1, 0.15) is 36.5 Å². The molecule has 0 spiro atoms. The van der Waals surface area contributed by atoms with Crippen LogP contribution in [0.5, 0.6) is 5.75 Å². The molecule has 1 N–H and O–H groups in total. The molecule has 0 unspecified atom stereocenters. The summed E-state index contributed by atoms with van der Waals surface area (Å²) >= 11 is 6.40. The SMILES string of the molecule is CCCOc1ccc(C(=O)Nc2ccc(N3CCCC3)c(Cl)c2)cc1. The van der Waals surface area contributed by atoms with E-state index in [0.717, 1.165) is 30.9 Å². The molecule has 1 heterocycles. The number of rotatable bonds is 6. The molecule has 0 bridgehead atoms. The van der Waals surface area contributed by atoms with E-state index >= 15 is 0 Å². The normalized spacial score (nSPS) is 13.8. The van der Waals surface area contributed by atoms with E-state index in [1.54, 1.807) is 12.1 Å². The zero-order chi connectivity index (χ0) is 17.6. The molecule has 0 aromatic heterocycles. The van der Waals surface area contributed by atoms with E-state index < -0.39 is 0 Å². The fourth-order valence-electron chi connectivity index (χ4n) is 2.92. The maximum absolute atomic E-state index is 12.4. The molecule has 4 nitrogen and oxygen atoms in total. The Morgan fingerprint density at radius 3 is 2.52 bits per heavy atom. The number of amides is 1. The Hall–Kier alpha value is -2.20. The van der Waals surface area contributed by atoms with Crippen molar-refractivity contribution < 1.29 is 9.53 Å². The van der Waals surface area contributed by atoms with E-state index in [2.05, 4.69) is 17.1 Å². The quantitative estimate of drug-likeness (QED) is 0.791. The maximum atomic E-state index is 12.4. The summed E-state index contributed by atoms with van der Waals surface area (Å²) in [4.78, 5) is 14.7. The van der Waals surface area contributed by atoms with Crippen LogP contribution in [-0.4, -0.2) is 25.6 Å². The third kappa shape index (κ3) is 4.45. The van der Waals surface area contributed by atoms with Crippen molar-refractivity contribution in [3.63, 3.8) is 0 Å². The summed E-state index contributed by atoms with van der Waals surface area (Å²) in [5.41, 5.74) is 2.32. The molecule has 1 saturated heterocycles. The van der Waals surface area contributed by atoms with Crippen LogP contribution in [-0.2, 0) is 0 Å². The first-order chi connectivity index (χ1) is 12.2. The highest BCUT2D eigenvalue weighted by molar-refractivity contribution is 6.33. The van der Waals surface area contributed by atoms with Crippen molar-refractivity contribution >= 4 is 28.9 Å². The molecule has 1 aliphatic heterocycles. The van der Waals surface area contributed by atoms with Crippen LogP contribution in [0.3, 0.4) is 0 Å². The molecule has 3 rings (SSSR count). The van der Waals surface area contributed by atoms with Gasteiger partial charge in [-0.1, -0.05) is 18.5 Å². The van der Waals surface area contributed by atoms with Crippen molar-refractivity contribution in [3.8, 4) is 5.75 Å². The van der Waals surface area contributed by atoms with Crippen LogP contribution in [0.4, 0.5) is 11.4 Å². The number of nitrogens with zero attached hydrogens (tertiary/aromatic N) is 1. The van der Waals surface area contributed by atoms with E-state index in [0.29, 0.717) is 22.9 Å². The van der Waals surface area contributed by atoms with Gasteiger partial charge in [0.2, 0.25) is 0 Å². The number of ether oxygens (including phenoxy) is 1. The summed E-state index contributed by atoms with van der Waals surface area (Å²) < 4.78 is 5.53. The minimum absolute atomic E-state index is 0.160. The molecule has 2 aromatic rings. The molecule has 25 heavy (non-hydrogen) atoms. The molecule has 132 valence electrons. The first kappa shape index (κ1) is 17.6. The summed E-state index contributed by atoms with van der Waals surface area (Å²) in [5, 5.41) is 3.57. The van der Waals surface area contributed by atoms with Gasteiger partial charge in [-0.3, -0.25) is 4.79 Å². The summed E-state index contributed by atoms with van der Waals surface area (Å²) in [6, 6.07) is 12.8. The number of carbonyl (C=O) groups excluding carboxylic acids is 1. The van der Waals surface area contributed by atoms with Crippen LogP contribution in [0.25, 0.3) is 0 Å². The average Bonchev–Trinajstić information content (AvgIpc) is 3.15. The van der Waals surface area contributed by atoms with Crippen molar-refractivity contribution in [2.24, 2.45) is 0 Å². The smallest absolute Gasteiger partial charge is 0.255 e. The van der Waals surface area contributed by atoms with E-state index in [4.69, 9.17) is 16.3 Å². The Morgan fingerprint density at radius 2 is 1.88 bits per heavy atom. The first-order valence-corrected chi connectivity index (χ1v) is 9.14. The Bertz CT molecular complexity index is 725. The zero-order valence-corrected chi connectivity index (χ0v) is 15.2. The average molecular weight is 359 g/mol. The number of benzene rings is 2. The second-order valence-electron chi connectivity index (χ2n) is 6.19. The summed E-state index contributed by atoms with van der Waals surface area (Å²) in [6.07, 6.45) is 3.36. The monoisotopic (exact) mass is 358 g/mol. The van der Waals surface area contributed by atoms with Crippen molar-refractivity contribution in [2.45, 2.75) is 26.2 Å². The van der Waals surface area contributed by atoms with Gasteiger partial charge in [-0.2, -0.15) is 0 Å². The third-order valence-corrected chi connectivity index (χ3v) is 4.54. The first-order valence-electron chi connectivity index (χ1n) is 8.76. The molecule has 1 fully saturated rings. The van der Waals surface area contributed by atoms with Gasteiger partial charge in [-0.25, -0.2) is 0 Å². The zero-order valence-electron chi connectivity index (χ0n) is 14.4. The highest BCUT2D eigenvalue weighted by Crippen LogP contribution is 2.31. The predicted octanol–water partition coefficient (Wildman–Crippen LogP) is 4.98. The molecule has 0 aliphatic carbocycles. The summed E-state index contributed by atoms with van der Waals surface area (Å²) in [7, 11) is 0. The van der Waals surface area contributed by atoms with Gasteiger partial charge in [0.05, 0.1) is 17.3 Å². The maximum Gasteiger partial charge on any atom is 0.255 e. The lowest BCUT2D eigenvalue weighted by Gasteiger charge is -2.19. The minimum Gasteiger partial charge on any atom is -0.494 e. The van der Waals surface area contributed by atoms with E-state index in [1.165, 1.54) is 12.8 Å². The lowest BCUT2D eigenvalue weighted by molar-refractivity contribution is 0.102. The largest absolute Gasteiger partial charge is 0.494 e. The number of nitrogens with one attached hydrogen (secondary N) is 1. The number of anilines is 2. The fraction of sp³-hybridized carbons (Fsp3) is 0.350. The van der Waals surface area contributed by atoms with Crippen molar-refractivity contribution in [1.29, 1.82) is 0 Å². The topological polar surface area (TPSA) is 41.6 Å². The van der Waals surface area contributed by atoms with Gasteiger partial charge in [0.15, 0.2) is 0 Å². The van der Waals surface area contributed by atoms with E-state index in [9.17, 15) is 4.79 Å². The van der Waals surface area contributed by atoms with Gasteiger partial charge in [0.1, 0.15) is 5.75 Å². The summed E-state index contributed by atoms with van der Waals surface area (Å²) in [6.45, 7) is 4.81. The van der Waals surface area contributed by atoms with Crippen LogP contribution in [0.2, 0.25) is 5.02 Å². The lowest BCUT2D eigenvalue weighted by Crippen LogP contribution is -2.18. The second kappa shape index (κ2) is 8.26. The Morgan fingerprint density at radius 1 is 1.16 bits per heavy atom. The van der Waals surface area contributed by atoms with Crippen molar-refractivity contribution in [1.82, 2.24) is 0 Å². The molecule has 0 saturated carbocycles. The molecule has 0 atom stereocenters. The Labute approximate surface area is 153 Å². The van der Waals surface area contributed by atoms with Gasteiger partial charge in [-0.15, -0.1) is 0 Å². The molecular formula is C20H23ClN2O2. The van der Waals surface area contributed by atoms with E-state index in [1.807, 2.05) is 30.3 Å². The molecular weight excluding hydrogens is 336 g/mol. The molecule has 1 aliphatic rings. The number of halogens is 1. The number of hydrogen-bond donors (Lipinski definition) is 1. The van der Waals surface area contributed by atoms with Gasteiger partial charge in [0, 0.05) is 24.3 Å². The van der Waals surface area contributed by atoms with Crippen molar-refractivity contribution in [3.05, 3.63) is 53.1 Å². The van der Waals surface area contributed by atoms with Crippen LogP contribution < -0.4 is 15.0 Å². The lowest BCUT2D eigenvalue weighted by atomic mass is 10.2. The van der Waals surface area contributed by atoms with Gasteiger partial charge in [0.25, 0.3) is 5.91 Å². The van der Waals surface area contributed by atoms with Gasteiger partial charge in [-0.05, 0) is 61.7 Å². The fourth-order valence-corrected chi connectivity index (χ4v) is 3.22. The van der Waals surface area contributed by atoms with Crippen LogP contribution in [0, 0.1) is 0 Å². The minimum atomic E-state index is -0.160. The predicted molar refractivity (Wildman–Crippen MR) is 103 cm³/mol. The van der Waals surface area contributed by atoms with E-state index in [-0.39, 0.29) is 5.91 Å². The highest BCUT2D eigenvalue weighted by Gasteiger charge is 2.16. The van der Waals surface area contributed by atoms with Crippen molar-refractivity contribution in [2.75, 3.05) is 29.9 Å². The third-order valence-electron chi connectivity index (χ3n) is 4.24. The summed E-state index contributed by atoms with van der Waals surface area (Å²) in [5.74, 6) is 0.614. The molecule has 0 radical (unpaired) electrons. The number of hydrogen-bond acceptors (Lipinski definition) is 3. The van der Waals surface area contributed by atoms with Crippen LogP contribution in [0.15, 0.2) is 42.5 Å². The Kier molecular flexibility index (Phi) is 5.82. The second-order valence-corrected chi connectivity index (χ2v) is 6.59. The highest BCUT2D eigenvalue weighted by atomic mass is 35.5. The molecule has 5 heteroatoms. The molecule has 1 amide bonds. The standard InChI is InChI=1S/C20H23ClN2O2/c1-2-13-25-17-8-5-15(6-9-17)20(24)22-16-7-10-19(18(21)14-16)23-11-3-4-12-23/h5-10,14H,2-4,11-13H2,1H3,(H,22,24). The Balaban J connectivity index is 1.65. The molecule has 2 aromatic carbocycles. The van der Waals surface area contributed by atoms with Gasteiger partial charge < -0.3 is 15.0 Å². The van der Waals surface area contributed by atoms with Crippen LogP contribution >= 0.6 is 11.6 Å².